The van der Waals surface area contributed by atoms with Gasteiger partial charge in [-0.15, -0.1) is 0 Å². The van der Waals surface area contributed by atoms with E-state index in [2.05, 4.69) is 21.9 Å². The van der Waals surface area contributed by atoms with Crippen molar-refractivity contribution in [2.75, 3.05) is 18.9 Å². The highest BCUT2D eigenvalue weighted by molar-refractivity contribution is 5.80. The highest BCUT2D eigenvalue weighted by Crippen LogP contribution is 2.14. The summed E-state index contributed by atoms with van der Waals surface area (Å²) in [6.45, 7) is 4.51. The van der Waals surface area contributed by atoms with Gasteiger partial charge in [0.15, 0.2) is 11.5 Å². The van der Waals surface area contributed by atoms with Gasteiger partial charge in [-0.2, -0.15) is 0 Å². The molecule has 0 unspecified atom stereocenters. The van der Waals surface area contributed by atoms with Crippen LogP contribution in [0.3, 0.4) is 0 Å². The summed E-state index contributed by atoms with van der Waals surface area (Å²) in [5.74, 6) is 0.427. The molecule has 2 rings (SSSR count). The number of imidazole rings is 1. The maximum atomic E-state index is 5.71. The smallest absolute Gasteiger partial charge is 0.165 e. The molecule has 0 spiro atoms. The summed E-state index contributed by atoms with van der Waals surface area (Å²) >= 11 is 0. The van der Waals surface area contributed by atoms with Gasteiger partial charge < -0.3 is 15.0 Å². The molecular weight excluding hydrogens is 218 g/mol. The average molecular weight is 235 g/mol. The van der Waals surface area contributed by atoms with Gasteiger partial charge in [-0.1, -0.05) is 6.92 Å². The van der Waals surface area contributed by atoms with Crippen molar-refractivity contribution >= 4 is 17.0 Å². The van der Waals surface area contributed by atoms with Crippen molar-refractivity contribution in [2.24, 2.45) is 0 Å². The second kappa shape index (κ2) is 5.58. The fourth-order valence-electron chi connectivity index (χ4n) is 1.65. The number of fused-ring (bicyclic) bond motifs is 1. The van der Waals surface area contributed by atoms with Crippen LogP contribution in [0.25, 0.3) is 11.2 Å². The number of nitrogen functional groups attached to an aromatic ring is 1. The third-order valence-corrected chi connectivity index (χ3v) is 2.47. The van der Waals surface area contributed by atoms with Crippen molar-refractivity contribution < 1.29 is 4.74 Å². The maximum Gasteiger partial charge on any atom is 0.165 e. The minimum absolute atomic E-state index is 0.427. The molecular formula is C11H17N5O. The number of hydrogen-bond acceptors (Lipinski definition) is 5. The average Bonchev–Trinajstić information content (AvgIpc) is 2.74. The molecule has 92 valence electrons. The Hall–Kier alpha value is -1.69. The lowest BCUT2D eigenvalue weighted by molar-refractivity contribution is 0.129. The Morgan fingerprint density at radius 2 is 2.18 bits per heavy atom. The summed E-state index contributed by atoms with van der Waals surface area (Å²) in [6, 6.07) is 0. The van der Waals surface area contributed by atoms with E-state index in [1.165, 1.54) is 6.33 Å². The van der Waals surface area contributed by atoms with Crippen molar-refractivity contribution in [1.82, 2.24) is 19.5 Å². The van der Waals surface area contributed by atoms with E-state index in [1.807, 2.05) is 4.57 Å². The molecule has 0 atom stereocenters. The Morgan fingerprint density at radius 3 is 3.00 bits per heavy atom. The van der Waals surface area contributed by atoms with Crippen LogP contribution in [0.15, 0.2) is 12.7 Å². The zero-order valence-electron chi connectivity index (χ0n) is 9.96. The topological polar surface area (TPSA) is 78.9 Å². The van der Waals surface area contributed by atoms with Crippen molar-refractivity contribution in [1.29, 1.82) is 0 Å². The Balaban J connectivity index is 1.97. The first-order chi connectivity index (χ1) is 8.33. The first-order valence-corrected chi connectivity index (χ1v) is 5.82. The van der Waals surface area contributed by atoms with Crippen molar-refractivity contribution in [3.05, 3.63) is 12.7 Å². The van der Waals surface area contributed by atoms with E-state index >= 15 is 0 Å². The maximum absolute atomic E-state index is 5.71. The molecule has 0 bridgehead atoms. The molecule has 6 heteroatoms. The van der Waals surface area contributed by atoms with Crippen molar-refractivity contribution in [3.63, 3.8) is 0 Å². The lowest BCUT2D eigenvalue weighted by atomic mass is 10.4. The molecule has 0 amide bonds. The number of anilines is 1. The molecule has 2 aromatic heterocycles. The zero-order chi connectivity index (χ0) is 12.1. The summed E-state index contributed by atoms with van der Waals surface area (Å²) in [5.41, 5.74) is 7.17. The zero-order valence-corrected chi connectivity index (χ0v) is 9.96. The fourth-order valence-corrected chi connectivity index (χ4v) is 1.65. The second-order valence-corrected chi connectivity index (χ2v) is 3.84. The van der Waals surface area contributed by atoms with Gasteiger partial charge in [0.2, 0.25) is 0 Å². The SMILES string of the molecule is CCCOCCCn1cnc2c(N)ncnc21. The highest BCUT2D eigenvalue weighted by Gasteiger charge is 2.06. The van der Waals surface area contributed by atoms with Gasteiger partial charge in [-0.05, 0) is 12.8 Å². The molecule has 2 heterocycles. The molecule has 0 aromatic carbocycles. The predicted octanol–water partition coefficient (Wildman–Crippen LogP) is 1.23. The fraction of sp³-hybridized carbons (Fsp3) is 0.545. The van der Waals surface area contributed by atoms with Gasteiger partial charge in [-0.3, -0.25) is 0 Å². The molecule has 6 nitrogen and oxygen atoms in total. The Bertz CT molecular complexity index is 482. The van der Waals surface area contributed by atoms with Gasteiger partial charge >= 0.3 is 0 Å². The van der Waals surface area contributed by atoms with E-state index in [0.717, 1.165) is 38.2 Å². The summed E-state index contributed by atoms with van der Waals surface area (Å²) in [4.78, 5) is 12.3. The van der Waals surface area contributed by atoms with Crippen LogP contribution in [0.5, 0.6) is 0 Å². The number of hydrogen-bond donors (Lipinski definition) is 1. The van der Waals surface area contributed by atoms with Gasteiger partial charge in [0.05, 0.1) is 6.33 Å². The first kappa shape index (κ1) is 11.8. The molecule has 0 saturated carbocycles. The minimum atomic E-state index is 0.427. The van der Waals surface area contributed by atoms with E-state index in [-0.39, 0.29) is 0 Å². The van der Waals surface area contributed by atoms with Crippen LogP contribution in [0.4, 0.5) is 5.82 Å². The Morgan fingerprint density at radius 1 is 1.29 bits per heavy atom. The van der Waals surface area contributed by atoms with Crippen LogP contribution in [0.1, 0.15) is 19.8 Å². The minimum Gasteiger partial charge on any atom is -0.382 e. The molecule has 2 N–H and O–H groups in total. The van der Waals surface area contributed by atoms with Crippen molar-refractivity contribution in [2.45, 2.75) is 26.3 Å². The Kier molecular flexibility index (Phi) is 3.87. The second-order valence-electron chi connectivity index (χ2n) is 3.84. The summed E-state index contributed by atoms with van der Waals surface area (Å²) in [5, 5.41) is 0. The molecule has 0 radical (unpaired) electrons. The normalized spacial score (nSPS) is 11.1. The monoisotopic (exact) mass is 235 g/mol. The number of ether oxygens (including phenoxy) is 1. The van der Waals surface area contributed by atoms with Gasteiger partial charge in [-0.25, -0.2) is 15.0 Å². The van der Waals surface area contributed by atoms with Crippen LogP contribution in [-0.2, 0) is 11.3 Å². The third-order valence-electron chi connectivity index (χ3n) is 2.47. The quantitative estimate of drug-likeness (QED) is 0.762. The van der Waals surface area contributed by atoms with E-state index in [1.54, 1.807) is 6.33 Å². The van der Waals surface area contributed by atoms with Gasteiger partial charge in [0, 0.05) is 19.8 Å². The summed E-state index contributed by atoms with van der Waals surface area (Å²) in [7, 11) is 0. The molecule has 0 aliphatic rings. The van der Waals surface area contributed by atoms with E-state index in [0.29, 0.717) is 11.3 Å². The summed E-state index contributed by atoms with van der Waals surface area (Å²) in [6.07, 6.45) is 5.20. The third kappa shape index (κ3) is 2.71. The summed E-state index contributed by atoms with van der Waals surface area (Å²) < 4.78 is 7.40. The molecule has 0 aliphatic heterocycles. The van der Waals surface area contributed by atoms with Crippen LogP contribution in [-0.4, -0.2) is 32.7 Å². The van der Waals surface area contributed by atoms with Gasteiger partial charge in [0.25, 0.3) is 0 Å². The number of nitrogens with zero attached hydrogens (tertiary/aromatic N) is 4. The lowest BCUT2D eigenvalue weighted by Crippen LogP contribution is -2.03. The number of nitrogens with two attached hydrogens (primary N) is 1. The lowest BCUT2D eigenvalue weighted by Gasteiger charge is -2.04. The molecule has 0 saturated heterocycles. The molecule has 17 heavy (non-hydrogen) atoms. The van der Waals surface area contributed by atoms with E-state index in [4.69, 9.17) is 10.5 Å². The number of aromatic nitrogens is 4. The Labute approximate surface area is 99.8 Å². The van der Waals surface area contributed by atoms with Gasteiger partial charge in [0.1, 0.15) is 11.8 Å². The molecule has 0 fully saturated rings. The largest absolute Gasteiger partial charge is 0.382 e. The van der Waals surface area contributed by atoms with E-state index in [9.17, 15) is 0 Å². The first-order valence-electron chi connectivity index (χ1n) is 5.82. The number of aryl methyl sites for hydroxylation is 1. The standard InChI is InChI=1S/C11H17N5O/c1-2-5-17-6-3-4-16-8-15-9-10(12)13-7-14-11(9)16/h7-8H,2-6H2,1H3,(H2,12,13,14). The molecule has 2 aromatic rings. The number of rotatable bonds is 6. The highest BCUT2D eigenvalue weighted by atomic mass is 16.5. The van der Waals surface area contributed by atoms with Crippen LogP contribution >= 0.6 is 0 Å². The van der Waals surface area contributed by atoms with Crippen LogP contribution in [0, 0.1) is 0 Å². The van der Waals surface area contributed by atoms with Crippen LogP contribution in [0.2, 0.25) is 0 Å². The van der Waals surface area contributed by atoms with Crippen LogP contribution < -0.4 is 5.73 Å². The predicted molar refractivity (Wildman–Crippen MR) is 65.5 cm³/mol. The van der Waals surface area contributed by atoms with Crippen molar-refractivity contribution in [3.8, 4) is 0 Å². The van der Waals surface area contributed by atoms with E-state index < -0.39 is 0 Å². The molecule has 0 aliphatic carbocycles.